The first-order chi connectivity index (χ1) is 4.79. The number of ether oxygens (including phenoxy) is 1. The molecule has 6 heteroatoms. The molecule has 0 aromatic heterocycles. The summed E-state index contributed by atoms with van der Waals surface area (Å²) in [7, 11) is 0. The highest BCUT2D eigenvalue weighted by atomic mass is 35.5. The molecule has 1 amide bonds. The van der Waals surface area contributed by atoms with Crippen LogP contribution in [0.3, 0.4) is 0 Å². The number of rotatable bonds is 1. The quantitative estimate of drug-likeness (QED) is 0.608. The number of hydroxylamine groups is 2. The van der Waals surface area contributed by atoms with E-state index < -0.39 is 6.09 Å². The lowest BCUT2D eigenvalue weighted by molar-refractivity contribution is -0.143. The summed E-state index contributed by atoms with van der Waals surface area (Å²) in [4.78, 5) is 14.8. The lowest BCUT2D eigenvalue weighted by Crippen LogP contribution is -2.39. The number of morpholine rings is 1. The van der Waals surface area contributed by atoms with Crippen LogP contribution in [0.15, 0.2) is 0 Å². The Morgan fingerprint density at radius 1 is 1.45 bits per heavy atom. The summed E-state index contributed by atoms with van der Waals surface area (Å²) in [6.45, 7) is 2.38. The number of halogens is 1. The van der Waals surface area contributed by atoms with Gasteiger partial charge in [-0.15, -0.1) is 17.5 Å². The van der Waals surface area contributed by atoms with Crippen molar-refractivity contribution < 1.29 is 14.4 Å². The van der Waals surface area contributed by atoms with Crippen LogP contribution < -0.4 is 5.73 Å². The molecule has 1 fully saturated rings. The molecule has 1 rings (SSSR count). The molecule has 66 valence electrons. The Morgan fingerprint density at radius 3 is 2.45 bits per heavy atom. The zero-order valence-corrected chi connectivity index (χ0v) is 6.80. The molecular weight excluding hydrogens is 172 g/mol. The van der Waals surface area contributed by atoms with Crippen LogP contribution >= 0.6 is 12.4 Å². The second-order valence-corrected chi connectivity index (χ2v) is 1.95. The summed E-state index contributed by atoms with van der Waals surface area (Å²) in [5.41, 5.74) is 4.78. The van der Waals surface area contributed by atoms with Crippen LogP contribution in [0.4, 0.5) is 4.79 Å². The molecule has 0 aromatic carbocycles. The van der Waals surface area contributed by atoms with E-state index in [0.717, 1.165) is 0 Å². The van der Waals surface area contributed by atoms with Gasteiger partial charge in [-0.25, -0.2) is 4.79 Å². The highest BCUT2D eigenvalue weighted by molar-refractivity contribution is 5.85. The third-order valence-electron chi connectivity index (χ3n) is 1.19. The van der Waals surface area contributed by atoms with Gasteiger partial charge in [-0.05, 0) is 0 Å². The maximum Gasteiger partial charge on any atom is 0.423 e. The van der Waals surface area contributed by atoms with Crippen molar-refractivity contribution in [1.82, 2.24) is 5.06 Å². The Labute approximate surface area is 70.8 Å². The van der Waals surface area contributed by atoms with Crippen LogP contribution in [0.1, 0.15) is 0 Å². The van der Waals surface area contributed by atoms with Gasteiger partial charge in [0.25, 0.3) is 0 Å². The SMILES string of the molecule is Cl.NC(=O)ON1CCOCC1. The molecule has 0 saturated carbocycles. The second-order valence-electron chi connectivity index (χ2n) is 1.95. The molecule has 1 aliphatic rings. The van der Waals surface area contributed by atoms with Crippen molar-refractivity contribution in [2.24, 2.45) is 5.73 Å². The van der Waals surface area contributed by atoms with Crippen molar-refractivity contribution in [3.05, 3.63) is 0 Å². The molecule has 0 unspecified atom stereocenters. The second kappa shape index (κ2) is 5.17. The zero-order valence-electron chi connectivity index (χ0n) is 5.99. The minimum atomic E-state index is -0.762. The number of nitrogens with two attached hydrogens (primary N) is 1. The van der Waals surface area contributed by atoms with Crippen molar-refractivity contribution in [1.29, 1.82) is 0 Å². The first-order valence-corrected chi connectivity index (χ1v) is 3.09. The summed E-state index contributed by atoms with van der Waals surface area (Å²) in [6.07, 6.45) is -0.762. The zero-order chi connectivity index (χ0) is 7.40. The summed E-state index contributed by atoms with van der Waals surface area (Å²) in [5, 5.41) is 1.49. The van der Waals surface area contributed by atoms with E-state index in [0.29, 0.717) is 26.3 Å². The normalized spacial score (nSPS) is 18.5. The van der Waals surface area contributed by atoms with Gasteiger partial charge in [-0.2, -0.15) is 0 Å². The van der Waals surface area contributed by atoms with E-state index in [-0.39, 0.29) is 12.4 Å². The van der Waals surface area contributed by atoms with Gasteiger partial charge >= 0.3 is 6.09 Å². The Morgan fingerprint density at radius 2 is 2.00 bits per heavy atom. The van der Waals surface area contributed by atoms with E-state index in [1.54, 1.807) is 0 Å². The van der Waals surface area contributed by atoms with Crippen molar-refractivity contribution in [2.75, 3.05) is 26.3 Å². The molecule has 5 nitrogen and oxygen atoms in total. The molecule has 1 heterocycles. The summed E-state index contributed by atoms with van der Waals surface area (Å²) in [6, 6.07) is 0. The lowest BCUT2D eigenvalue weighted by atomic mass is 10.5. The number of nitrogens with zero attached hydrogens (tertiary/aromatic N) is 1. The van der Waals surface area contributed by atoms with E-state index >= 15 is 0 Å². The van der Waals surface area contributed by atoms with Gasteiger partial charge in [0.2, 0.25) is 0 Å². The molecule has 11 heavy (non-hydrogen) atoms. The van der Waals surface area contributed by atoms with Crippen LogP contribution in [0, 0.1) is 0 Å². The van der Waals surface area contributed by atoms with E-state index in [4.69, 9.17) is 10.5 Å². The van der Waals surface area contributed by atoms with E-state index in [1.165, 1.54) is 5.06 Å². The summed E-state index contributed by atoms with van der Waals surface area (Å²) in [5.74, 6) is 0. The van der Waals surface area contributed by atoms with Crippen LogP contribution in [0.2, 0.25) is 0 Å². The number of carbonyl (C=O) groups is 1. The van der Waals surface area contributed by atoms with Crippen LogP contribution in [-0.4, -0.2) is 37.5 Å². The van der Waals surface area contributed by atoms with Gasteiger partial charge in [0.1, 0.15) is 0 Å². The fraction of sp³-hybridized carbons (Fsp3) is 0.800. The van der Waals surface area contributed by atoms with Gasteiger partial charge in [-0.3, -0.25) is 0 Å². The van der Waals surface area contributed by atoms with Gasteiger partial charge in [-0.1, -0.05) is 0 Å². The van der Waals surface area contributed by atoms with Crippen molar-refractivity contribution in [3.8, 4) is 0 Å². The Kier molecular flexibility index (Phi) is 4.93. The number of primary amides is 1. The molecule has 0 aliphatic carbocycles. The monoisotopic (exact) mass is 182 g/mol. The Hall–Kier alpha value is -0.520. The standard InChI is InChI=1S/C5H10N2O3.ClH/c6-5(8)10-7-1-3-9-4-2-7;/h1-4H2,(H2,6,8);1H. The van der Waals surface area contributed by atoms with E-state index in [1.807, 2.05) is 0 Å². The number of hydrogen-bond donors (Lipinski definition) is 1. The predicted octanol–water partition coefficient (Wildman–Crippen LogP) is -0.249. The molecule has 0 radical (unpaired) electrons. The molecule has 1 aliphatic heterocycles. The van der Waals surface area contributed by atoms with Gasteiger partial charge in [0.05, 0.1) is 26.3 Å². The third kappa shape index (κ3) is 4.02. The first kappa shape index (κ1) is 10.5. The molecule has 0 spiro atoms. The van der Waals surface area contributed by atoms with Crippen molar-refractivity contribution in [2.45, 2.75) is 0 Å². The largest absolute Gasteiger partial charge is 0.423 e. The van der Waals surface area contributed by atoms with E-state index in [2.05, 4.69) is 4.84 Å². The highest BCUT2D eigenvalue weighted by Crippen LogP contribution is 1.96. The Bertz CT molecular complexity index is 127. The maximum atomic E-state index is 10.2. The first-order valence-electron chi connectivity index (χ1n) is 3.09. The minimum Gasteiger partial charge on any atom is -0.379 e. The number of amides is 1. The summed E-state index contributed by atoms with van der Waals surface area (Å²) < 4.78 is 5.01. The van der Waals surface area contributed by atoms with Crippen molar-refractivity contribution in [3.63, 3.8) is 0 Å². The van der Waals surface area contributed by atoms with Crippen LogP contribution in [0.25, 0.3) is 0 Å². The lowest BCUT2D eigenvalue weighted by Gasteiger charge is -2.23. The smallest absolute Gasteiger partial charge is 0.379 e. The molecule has 0 bridgehead atoms. The van der Waals surface area contributed by atoms with Gasteiger partial charge in [0, 0.05) is 0 Å². The fourth-order valence-corrected chi connectivity index (χ4v) is 0.765. The van der Waals surface area contributed by atoms with Gasteiger partial charge in [0.15, 0.2) is 0 Å². The van der Waals surface area contributed by atoms with E-state index in [9.17, 15) is 4.79 Å². The van der Waals surface area contributed by atoms with Crippen LogP contribution in [0.5, 0.6) is 0 Å². The summed E-state index contributed by atoms with van der Waals surface area (Å²) >= 11 is 0. The average molecular weight is 183 g/mol. The molecule has 0 atom stereocenters. The molecule has 1 saturated heterocycles. The highest BCUT2D eigenvalue weighted by Gasteiger charge is 2.12. The average Bonchev–Trinajstić information content (AvgIpc) is 1.88. The molecular formula is C5H11ClN2O3. The minimum absolute atomic E-state index is 0. The number of carbonyl (C=O) groups excluding carboxylic acids is 1. The van der Waals surface area contributed by atoms with Crippen LogP contribution in [-0.2, 0) is 9.57 Å². The number of hydrogen-bond acceptors (Lipinski definition) is 4. The van der Waals surface area contributed by atoms with Crippen molar-refractivity contribution >= 4 is 18.5 Å². The molecule has 2 N–H and O–H groups in total. The van der Waals surface area contributed by atoms with Gasteiger partial charge < -0.3 is 15.3 Å². The molecule has 0 aromatic rings. The fourth-order valence-electron chi connectivity index (χ4n) is 0.765. The Balaban J connectivity index is 0.000001000. The topological polar surface area (TPSA) is 64.8 Å². The predicted molar refractivity (Wildman–Crippen MR) is 40.3 cm³/mol. The maximum absolute atomic E-state index is 10.2. The third-order valence-corrected chi connectivity index (χ3v) is 1.19.